The number of benzene rings is 1. The second-order valence-corrected chi connectivity index (χ2v) is 9.13. The first-order valence-electron chi connectivity index (χ1n) is 8.57. The summed E-state index contributed by atoms with van der Waals surface area (Å²) in [6.07, 6.45) is 5.41. The van der Waals surface area contributed by atoms with E-state index < -0.39 is 23.4 Å². The van der Waals surface area contributed by atoms with E-state index in [0.717, 1.165) is 25.7 Å². The van der Waals surface area contributed by atoms with Crippen molar-refractivity contribution in [3.05, 3.63) is 52.6 Å². The van der Waals surface area contributed by atoms with E-state index in [-0.39, 0.29) is 5.69 Å². The van der Waals surface area contributed by atoms with Crippen LogP contribution in [0.5, 0.6) is 0 Å². The van der Waals surface area contributed by atoms with Crippen molar-refractivity contribution in [1.29, 1.82) is 0 Å². The summed E-state index contributed by atoms with van der Waals surface area (Å²) in [5.74, 6) is -1.06. The van der Waals surface area contributed by atoms with Gasteiger partial charge in [-0.3, -0.25) is 14.9 Å². The number of hydrogen-bond donors (Lipinski definition) is 1. The fourth-order valence-corrected chi connectivity index (χ4v) is 5.44. The van der Waals surface area contributed by atoms with Crippen LogP contribution in [0.3, 0.4) is 0 Å². The minimum Gasteiger partial charge on any atom is -0.451 e. The van der Waals surface area contributed by atoms with Gasteiger partial charge in [-0.05, 0) is 69.2 Å². The Morgan fingerprint density at radius 3 is 2.50 bits per heavy atom. The molecule has 0 saturated carbocycles. The Bertz CT molecular complexity index is 898. The molecule has 0 unspecified atom stereocenters. The lowest BCUT2D eigenvalue weighted by molar-refractivity contribution is -0.385. The largest absolute Gasteiger partial charge is 0.451 e. The van der Waals surface area contributed by atoms with Gasteiger partial charge in [-0.2, -0.15) is 0 Å². The van der Waals surface area contributed by atoms with Crippen LogP contribution < -0.4 is 5.32 Å². The number of fused-ring (bicyclic) bond motifs is 1. The summed E-state index contributed by atoms with van der Waals surface area (Å²) >= 11 is 7.83. The van der Waals surface area contributed by atoms with Crippen LogP contribution in [0.15, 0.2) is 27.1 Å². The maximum absolute atomic E-state index is 12.3. The second-order valence-electron chi connectivity index (χ2n) is 6.29. The number of ether oxygens (including phenoxy) is 1. The van der Waals surface area contributed by atoms with Crippen molar-refractivity contribution in [2.24, 2.45) is 0 Å². The zero-order chi connectivity index (χ0) is 20.3. The maximum Gasteiger partial charge on any atom is 0.348 e. The summed E-state index contributed by atoms with van der Waals surface area (Å²) in [7, 11) is 0. The lowest BCUT2D eigenvalue weighted by Gasteiger charge is -2.10. The van der Waals surface area contributed by atoms with E-state index in [4.69, 9.17) is 4.74 Å². The summed E-state index contributed by atoms with van der Waals surface area (Å²) in [6, 6.07) is 4.44. The molecule has 1 N–H and O–H groups in total. The van der Waals surface area contributed by atoms with Gasteiger partial charge in [0.2, 0.25) is 0 Å². The molecule has 2 aromatic rings. The number of anilines is 1. The van der Waals surface area contributed by atoms with Crippen LogP contribution in [0.1, 0.15) is 39.4 Å². The highest BCUT2D eigenvalue weighted by atomic mass is 79.9. The van der Waals surface area contributed by atoms with Crippen LogP contribution in [-0.2, 0) is 22.4 Å². The number of carbonyl (C=O) groups excluding carboxylic acids is 2. The van der Waals surface area contributed by atoms with E-state index in [1.165, 1.54) is 40.3 Å². The number of thiophene rings is 1. The number of amides is 1. The van der Waals surface area contributed by atoms with Gasteiger partial charge in [-0.25, -0.2) is 4.79 Å². The lowest BCUT2D eigenvalue weighted by Crippen LogP contribution is -2.21. The van der Waals surface area contributed by atoms with Crippen LogP contribution in [0.4, 0.5) is 11.4 Å². The number of non-ortho nitro benzene ring substituents is 1. The normalized spacial score (nSPS) is 13.4. The molecule has 3 rings (SSSR count). The number of rotatable bonds is 5. The van der Waals surface area contributed by atoms with Crippen molar-refractivity contribution >= 4 is 66.4 Å². The number of halogens is 2. The third-order valence-electron chi connectivity index (χ3n) is 4.28. The summed E-state index contributed by atoms with van der Waals surface area (Å²) in [6.45, 7) is -0.447. The number of esters is 1. The Morgan fingerprint density at radius 2 is 1.82 bits per heavy atom. The first kappa shape index (κ1) is 20.9. The fourth-order valence-electron chi connectivity index (χ4n) is 2.93. The number of nitro benzene ring substituents is 1. The van der Waals surface area contributed by atoms with Gasteiger partial charge in [0.1, 0.15) is 4.88 Å². The number of nitro groups is 1. The van der Waals surface area contributed by atoms with Crippen LogP contribution in [0, 0.1) is 10.1 Å². The van der Waals surface area contributed by atoms with Crippen LogP contribution in [0.2, 0.25) is 0 Å². The van der Waals surface area contributed by atoms with E-state index >= 15 is 0 Å². The second kappa shape index (κ2) is 9.15. The summed E-state index contributed by atoms with van der Waals surface area (Å²) in [5, 5.41) is 13.4. The van der Waals surface area contributed by atoms with Gasteiger partial charge in [0.25, 0.3) is 11.6 Å². The molecule has 148 valence electrons. The van der Waals surface area contributed by atoms with Gasteiger partial charge in [0.05, 0.1) is 10.6 Å². The van der Waals surface area contributed by atoms with Gasteiger partial charge in [-0.15, -0.1) is 11.3 Å². The molecule has 1 aromatic carbocycles. The summed E-state index contributed by atoms with van der Waals surface area (Å²) in [5.41, 5.74) is 1.41. The van der Waals surface area contributed by atoms with E-state index in [9.17, 15) is 19.7 Å². The van der Waals surface area contributed by atoms with Crippen molar-refractivity contribution in [1.82, 2.24) is 0 Å². The van der Waals surface area contributed by atoms with Gasteiger partial charge >= 0.3 is 5.97 Å². The molecule has 0 spiro atoms. The van der Waals surface area contributed by atoms with E-state index in [1.807, 2.05) is 6.07 Å². The molecule has 0 atom stereocenters. The molecule has 0 bridgehead atoms. The number of nitrogens with one attached hydrogen (secondary N) is 1. The number of aryl methyl sites for hydroxylation is 2. The van der Waals surface area contributed by atoms with Crippen molar-refractivity contribution in [3.63, 3.8) is 0 Å². The van der Waals surface area contributed by atoms with Gasteiger partial charge in [-0.1, -0.05) is 6.42 Å². The topological polar surface area (TPSA) is 98.5 Å². The summed E-state index contributed by atoms with van der Waals surface area (Å²) < 4.78 is 5.82. The van der Waals surface area contributed by atoms with E-state index in [2.05, 4.69) is 37.2 Å². The molecule has 7 nitrogen and oxygen atoms in total. The Labute approximate surface area is 181 Å². The maximum atomic E-state index is 12.3. The minimum absolute atomic E-state index is 0.124. The molecule has 0 aliphatic heterocycles. The molecular formula is C18H16Br2N2O5S. The van der Waals surface area contributed by atoms with Crippen molar-refractivity contribution in [2.45, 2.75) is 32.1 Å². The Hall–Kier alpha value is -1.78. The molecule has 1 amide bonds. The average molecular weight is 532 g/mol. The fraction of sp³-hybridized carbons (Fsp3) is 0.333. The zero-order valence-corrected chi connectivity index (χ0v) is 18.6. The highest BCUT2D eigenvalue weighted by Gasteiger charge is 2.20. The van der Waals surface area contributed by atoms with Crippen LogP contribution in [0.25, 0.3) is 0 Å². The zero-order valence-electron chi connectivity index (χ0n) is 14.6. The van der Waals surface area contributed by atoms with Crippen LogP contribution in [-0.4, -0.2) is 23.4 Å². The molecule has 1 aromatic heterocycles. The first-order valence-corrected chi connectivity index (χ1v) is 11.0. The molecule has 0 saturated heterocycles. The van der Waals surface area contributed by atoms with Gasteiger partial charge < -0.3 is 10.1 Å². The first-order chi connectivity index (χ1) is 13.3. The van der Waals surface area contributed by atoms with Crippen LogP contribution >= 0.6 is 43.2 Å². The smallest absolute Gasteiger partial charge is 0.348 e. The number of nitrogens with zero attached hydrogens (tertiary/aromatic N) is 1. The number of hydrogen-bond acceptors (Lipinski definition) is 6. The van der Waals surface area contributed by atoms with E-state index in [1.54, 1.807) is 0 Å². The third-order valence-corrected chi connectivity index (χ3v) is 6.75. The molecule has 1 aliphatic rings. The molecule has 1 heterocycles. The summed E-state index contributed by atoms with van der Waals surface area (Å²) in [4.78, 5) is 36.5. The SMILES string of the molecule is O=C(COC(=O)c1cc2c(s1)CCCCC2)Nc1c(Br)cc([N+](=O)[O-])cc1Br. The van der Waals surface area contributed by atoms with Gasteiger partial charge in [0.15, 0.2) is 6.61 Å². The highest BCUT2D eigenvalue weighted by molar-refractivity contribution is 9.11. The predicted molar refractivity (Wildman–Crippen MR) is 113 cm³/mol. The average Bonchev–Trinajstić information content (AvgIpc) is 2.93. The predicted octanol–water partition coefficient (Wildman–Crippen LogP) is 5.25. The Morgan fingerprint density at radius 1 is 1.14 bits per heavy atom. The monoisotopic (exact) mass is 530 g/mol. The highest BCUT2D eigenvalue weighted by Crippen LogP contribution is 2.35. The molecule has 10 heteroatoms. The third kappa shape index (κ3) is 4.98. The minimum atomic E-state index is -0.540. The van der Waals surface area contributed by atoms with Crippen molar-refractivity contribution in [2.75, 3.05) is 11.9 Å². The molecule has 0 fully saturated rings. The quantitative estimate of drug-likeness (QED) is 0.246. The molecule has 28 heavy (non-hydrogen) atoms. The lowest BCUT2D eigenvalue weighted by atomic mass is 10.1. The molecule has 1 aliphatic carbocycles. The van der Waals surface area contributed by atoms with Crippen molar-refractivity contribution < 1.29 is 19.2 Å². The van der Waals surface area contributed by atoms with E-state index in [0.29, 0.717) is 19.5 Å². The number of carbonyl (C=O) groups is 2. The van der Waals surface area contributed by atoms with Crippen molar-refractivity contribution in [3.8, 4) is 0 Å². The van der Waals surface area contributed by atoms with Gasteiger partial charge in [0, 0.05) is 26.0 Å². The standard InChI is InChI=1S/C18H16Br2N2O5S/c19-12-7-11(22(25)26)8-13(20)17(12)21-16(23)9-27-18(24)15-6-10-4-2-1-3-5-14(10)28-15/h6-8H,1-5,9H2,(H,21,23). The molecular weight excluding hydrogens is 516 g/mol. The Kier molecular flexibility index (Phi) is 6.84. The Balaban J connectivity index is 1.60. The molecule has 0 radical (unpaired) electrons.